The molecule has 6 heteroatoms. The maximum Gasteiger partial charge on any atom is 0.178 e. The van der Waals surface area contributed by atoms with Gasteiger partial charge >= 0.3 is 0 Å². The van der Waals surface area contributed by atoms with Crippen molar-refractivity contribution in [3.63, 3.8) is 0 Å². The van der Waals surface area contributed by atoms with Crippen molar-refractivity contribution < 1.29 is 18.9 Å². The van der Waals surface area contributed by atoms with Gasteiger partial charge in [-0.2, -0.15) is 0 Å². The van der Waals surface area contributed by atoms with Crippen molar-refractivity contribution >= 4 is 28.2 Å². The van der Waals surface area contributed by atoms with Crippen molar-refractivity contribution in [3.05, 3.63) is 149 Å². The molecule has 6 aromatic carbocycles. The van der Waals surface area contributed by atoms with Crippen LogP contribution in [-0.4, -0.2) is 59.7 Å². The van der Waals surface area contributed by atoms with Gasteiger partial charge in [-0.3, -0.25) is 0 Å². The number of methoxy groups -OCH3 is 1. The molecule has 55 heavy (non-hydrogen) atoms. The van der Waals surface area contributed by atoms with Gasteiger partial charge in [0, 0.05) is 65.0 Å². The maximum atomic E-state index is 7.68. The van der Waals surface area contributed by atoms with Crippen LogP contribution in [0.3, 0.4) is 0 Å². The molecule has 2 saturated heterocycles. The van der Waals surface area contributed by atoms with Gasteiger partial charge in [-0.25, -0.2) is 0 Å². The Morgan fingerprint density at radius 2 is 1.24 bits per heavy atom. The molecule has 0 spiro atoms. The Labute approximate surface area is 323 Å². The lowest BCUT2D eigenvalue weighted by Gasteiger charge is -2.39. The van der Waals surface area contributed by atoms with Gasteiger partial charge in [0.1, 0.15) is 11.5 Å². The minimum Gasteiger partial charge on any atom is -0.497 e. The van der Waals surface area contributed by atoms with Gasteiger partial charge in [0.15, 0.2) is 5.60 Å². The van der Waals surface area contributed by atoms with E-state index in [1.54, 1.807) is 7.11 Å². The Morgan fingerprint density at radius 1 is 0.618 bits per heavy atom. The lowest BCUT2D eigenvalue weighted by molar-refractivity contribution is 0.122. The molecule has 276 valence electrons. The highest BCUT2D eigenvalue weighted by atomic mass is 16.5. The number of rotatable bonds is 6. The van der Waals surface area contributed by atoms with E-state index < -0.39 is 5.60 Å². The third kappa shape index (κ3) is 5.53. The van der Waals surface area contributed by atoms with Gasteiger partial charge < -0.3 is 28.7 Å². The first-order chi connectivity index (χ1) is 26.9. The van der Waals surface area contributed by atoms with Crippen molar-refractivity contribution in [1.82, 2.24) is 0 Å². The molecule has 0 atom stereocenters. The van der Waals surface area contributed by atoms with Crippen LogP contribution in [0.4, 0.5) is 11.4 Å². The van der Waals surface area contributed by atoms with Gasteiger partial charge in [0.2, 0.25) is 0 Å². The zero-order valence-corrected chi connectivity index (χ0v) is 31.8. The minimum absolute atomic E-state index is 0.277. The first-order valence-corrected chi connectivity index (χ1v) is 19.6. The zero-order chi connectivity index (χ0) is 37.1. The molecular weight excluding hydrogens is 681 g/mol. The molecule has 4 aliphatic rings. The number of nitrogens with zero attached hydrogens (tertiary/aromatic N) is 2. The highest BCUT2D eigenvalue weighted by molar-refractivity contribution is 6.09. The molecule has 6 nitrogen and oxygen atoms in total. The summed E-state index contributed by atoms with van der Waals surface area (Å²) in [7, 11) is 1.74. The molecule has 2 fully saturated rings. The molecule has 0 bridgehead atoms. The smallest absolute Gasteiger partial charge is 0.178 e. The number of ether oxygens (including phenoxy) is 4. The van der Waals surface area contributed by atoms with E-state index in [2.05, 4.69) is 151 Å². The Hall–Kier alpha value is -5.56. The van der Waals surface area contributed by atoms with Crippen molar-refractivity contribution in [2.45, 2.75) is 24.9 Å². The second-order valence-electron chi connectivity index (χ2n) is 15.6. The molecule has 0 N–H and O–H groups in total. The third-order valence-electron chi connectivity index (χ3n) is 12.3. The Balaban J connectivity index is 1.16. The quantitative estimate of drug-likeness (QED) is 0.170. The van der Waals surface area contributed by atoms with Crippen LogP contribution in [0.15, 0.2) is 121 Å². The van der Waals surface area contributed by atoms with Gasteiger partial charge in [-0.05, 0) is 93.4 Å². The van der Waals surface area contributed by atoms with Crippen LogP contribution in [0.1, 0.15) is 41.7 Å². The van der Waals surface area contributed by atoms with Crippen LogP contribution < -0.4 is 19.3 Å². The van der Waals surface area contributed by atoms with E-state index in [0.717, 1.165) is 86.2 Å². The number of anilines is 2. The minimum atomic E-state index is -0.875. The first kappa shape index (κ1) is 34.0. The van der Waals surface area contributed by atoms with E-state index in [4.69, 9.17) is 18.9 Å². The zero-order valence-electron chi connectivity index (χ0n) is 31.8. The summed E-state index contributed by atoms with van der Waals surface area (Å²) in [6, 6.07) is 42.1. The van der Waals surface area contributed by atoms with E-state index in [0.29, 0.717) is 0 Å². The van der Waals surface area contributed by atoms with Crippen molar-refractivity contribution in [2.24, 2.45) is 0 Å². The van der Waals surface area contributed by atoms with Crippen molar-refractivity contribution in [1.29, 1.82) is 0 Å². The normalized spacial score (nSPS) is 18.0. The van der Waals surface area contributed by atoms with Crippen LogP contribution in [0, 0.1) is 0 Å². The van der Waals surface area contributed by atoms with E-state index in [1.165, 1.54) is 50.1 Å². The number of benzene rings is 6. The maximum absolute atomic E-state index is 7.68. The summed E-state index contributed by atoms with van der Waals surface area (Å²) in [5.41, 5.74) is 12.2. The summed E-state index contributed by atoms with van der Waals surface area (Å²) in [5, 5.41) is 2.22. The fourth-order valence-corrected chi connectivity index (χ4v) is 9.36. The van der Waals surface area contributed by atoms with Gasteiger partial charge in [-0.15, -0.1) is 0 Å². The third-order valence-corrected chi connectivity index (χ3v) is 12.3. The van der Waals surface area contributed by atoms with E-state index in [-0.39, 0.29) is 5.41 Å². The first-order valence-electron chi connectivity index (χ1n) is 19.6. The Bertz CT molecular complexity index is 2360. The highest BCUT2D eigenvalue weighted by Gasteiger charge is 2.44. The summed E-state index contributed by atoms with van der Waals surface area (Å²) in [4.78, 5) is 4.80. The van der Waals surface area contributed by atoms with Crippen molar-refractivity contribution in [2.75, 3.05) is 69.5 Å². The highest BCUT2D eigenvalue weighted by Crippen LogP contribution is 2.59. The Morgan fingerprint density at radius 3 is 1.84 bits per heavy atom. The fourth-order valence-electron chi connectivity index (χ4n) is 9.36. The number of hydrogen-bond donors (Lipinski definition) is 0. The molecule has 10 rings (SSSR count). The molecule has 0 amide bonds. The lowest BCUT2D eigenvalue weighted by Crippen LogP contribution is -2.37. The molecule has 0 aromatic heterocycles. The van der Waals surface area contributed by atoms with E-state index >= 15 is 0 Å². The molecule has 0 radical (unpaired) electrons. The molecule has 0 saturated carbocycles. The van der Waals surface area contributed by atoms with E-state index in [9.17, 15) is 0 Å². The fraction of sp³-hybridized carbons (Fsp3) is 0.265. The summed E-state index contributed by atoms with van der Waals surface area (Å²) in [6.45, 7) is 11.3. The molecule has 3 aliphatic heterocycles. The van der Waals surface area contributed by atoms with Crippen LogP contribution in [0.2, 0.25) is 0 Å². The predicted molar refractivity (Wildman–Crippen MR) is 223 cm³/mol. The van der Waals surface area contributed by atoms with Crippen LogP contribution >= 0.6 is 0 Å². The average molecular weight is 727 g/mol. The summed E-state index contributed by atoms with van der Waals surface area (Å²) in [6.07, 6.45) is 4.64. The number of morpholine rings is 2. The lowest BCUT2D eigenvalue weighted by atomic mass is 9.76. The van der Waals surface area contributed by atoms with Crippen LogP contribution in [-0.2, 0) is 20.5 Å². The molecule has 3 heterocycles. The van der Waals surface area contributed by atoms with E-state index in [1.807, 2.05) is 0 Å². The average Bonchev–Trinajstić information content (AvgIpc) is 3.50. The SMILES string of the molecule is COc1ccc2c3c(c4c(c2c1)OC(c1ccc(N2CCOCC2)cc1)(c1ccc(N2CCOCC2)cc1)C=C4)C(C)(C)c1cc(-c2ccccc2)ccc1-3. The number of hydrogen-bond acceptors (Lipinski definition) is 6. The van der Waals surface area contributed by atoms with Gasteiger partial charge in [-0.1, -0.05) is 86.7 Å². The Kier molecular flexibility index (Phi) is 8.23. The molecule has 6 aromatic rings. The molecule has 1 aliphatic carbocycles. The summed E-state index contributed by atoms with van der Waals surface area (Å²) >= 11 is 0. The summed E-state index contributed by atoms with van der Waals surface area (Å²) < 4.78 is 24.9. The predicted octanol–water partition coefficient (Wildman–Crippen LogP) is 9.84. The number of fused-ring (bicyclic) bond motifs is 8. The topological polar surface area (TPSA) is 43.4 Å². The second-order valence-corrected chi connectivity index (χ2v) is 15.6. The standard InChI is InChI=1S/C49H46N2O4/c1-48(2)44-31-34(33-7-5-4-6-8-33)9-19-41(44)45-40-20-18-39(52-3)32-43(40)47-42(46(45)48)21-22-49(55-47,35-10-14-37(15-11-35)50-23-27-53-28-24-50)36-12-16-38(17-13-36)51-25-29-54-30-26-51/h4-22,31-32H,23-30H2,1-3H3. The van der Waals surface area contributed by atoms with Gasteiger partial charge in [0.05, 0.1) is 33.5 Å². The summed E-state index contributed by atoms with van der Waals surface area (Å²) in [5.74, 6) is 1.69. The molecule has 0 unspecified atom stereocenters. The largest absolute Gasteiger partial charge is 0.497 e. The van der Waals surface area contributed by atoms with Crippen LogP contribution in [0.5, 0.6) is 11.5 Å². The van der Waals surface area contributed by atoms with Gasteiger partial charge in [0.25, 0.3) is 0 Å². The monoisotopic (exact) mass is 726 g/mol. The van der Waals surface area contributed by atoms with Crippen molar-refractivity contribution in [3.8, 4) is 33.8 Å². The second kappa shape index (κ2) is 13.3. The molecular formula is C49H46N2O4. The van der Waals surface area contributed by atoms with Crippen LogP contribution in [0.25, 0.3) is 39.1 Å².